The van der Waals surface area contributed by atoms with Crippen LogP contribution in [0.2, 0.25) is 5.02 Å². The normalized spacial score (nSPS) is 12.5. The number of halogens is 7. The first-order chi connectivity index (χ1) is 15.4. The summed E-state index contributed by atoms with van der Waals surface area (Å²) in [6, 6.07) is 3.49. The van der Waals surface area contributed by atoms with Crippen molar-refractivity contribution in [3.63, 3.8) is 0 Å². The number of nitrogens with zero attached hydrogens (tertiary/aromatic N) is 1. The minimum atomic E-state index is -5.18. The zero-order chi connectivity index (χ0) is 26.1. The van der Waals surface area contributed by atoms with Gasteiger partial charge in [0.25, 0.3) is 5.91 Å². The number of ether oxygens (including phenoxy) is 1. The minimum absolute atomic E-state index is 0.0925. The lowest BCUT2D eigenvalue weighted by Gasteiger charge is -2.14. The molecule has 0 unspecified atom stereocenters. The molecule has 0 aliphatic rings. The number of nitrogens with one attached hydrogen (secondary N) is 1. The van der Waals surface area contributed by atoms with Gasteiger partial charge in [-0.2, -0.15) is 26.3 Å². The van der Waals surface area contributed by atoms with E-state index < -0.39 is 57.5 Å². The summed E-state index contributed by atoms with van der Waals surface area (Å²) in [5.74, 6) is -2.71. The first-order valence-electron chi connectivity index (χ1n) is 8.91. The summed E-state index contributed by atoms with van der Waals surface area (Å²) < 4.78 is 107. The van der Waals surface area contributed by atoms with E-state index >= 15 is 0 Å². The molecule has 2 rings (SSSR count). The molecule has 0 saturated heterocycles. The maximum atomic E-state index is 12.9. The maximum Gasteiger partial charge on any atom is 0.416 e. The number of rotatable bonds is 6. The lowest BCUT2D eigenvalue weighted by atomic mass is 10.0. The molecule has 0 heterocycles. The van der Waals surface area contributed by atoms with Gasteiger partial charge in [-0.25, -0.2) is 17.5 Å². The van der Waals surface area contributed by atoms with Gasteiger partial charge in [0.15, 0.2) is 6.61 Å². The molecule has 0 aliphatic carbocycles. The van der Waals surface area contributed by atoms with Crippen LogP contribution in [0.3, 0.4) is 0 Å². The number of alkyl halides is 6. The summed E-state index contributed by atoms with van der Waals surface area (Å²) in [5, 5.41) is 2.06. The zero-order valence-electron chi connectivity index (χ0n) is 17.2. The van der Waals surface area contributed by atoms with Crippen molar-refractivity contribution in [3.8, 4) is 0 Å². The molecule has 2 aromatic carbocycles. The predicted molar refractivity (Wildman–Crippen MR) is 108 cm³/mol. The Labute approximate surface area is 194 Å². The van der Waals surface area contributed by atoms with E-state index in [0.717, 1.165) is 10.4 Å². The summed E-state index contributed by atoms with van der Waals surface area (Å²) in [6.07, 6.45) is -10.4. The molecule has 0 bridgehead atoms. The smallest absolute Gasteiger partial charge is 0.416 e. The maximum absolute atomic E-state index is 12.9. The first kappa shape index (κ1) is 27.4. The number of sulfonamides is 1. The van der Waals surface area contributed by atoms with Crippen LogP contribution < -0.4 is 5.32 Å². The Kier molecular flexibility index (Phi) is 7.90. The largest absolute Gasteiger partial charge is 0.452 e. The van der Waals surface area contributed by atoms with E-state index in [1.807, 2.05) is 0 Å². The standard InChI is InChI=1S/C19H15ClF6N2O5S/c1-28(2)34(31,32)13-3-4-14(20)15(8-13)27-16(29)9-33-17(30)10-5-11(18(21,22)23)7-12(6-10)19(24,25)26/h3-8H,9H2,1-2H3,(H,27,29). The lowest BCUT2D eigenvalue weighted by Crippen LogP contribution is -2.23. The molecule has 0 fully saturated rings. The molecule has 1 N–H and O–H groups in total. The second-order valence-corrected chi connectivity index (χ2v) is 9.41. The number of hydrogen-bond acceptors (Lipinski definition) is 5. The van der Waals surface area contributed by atoms with Crippen molar-refractivity contribution >= 4 is 39.2 Å². The van der Waals surface area contributed by atoms with Crippen molar-refractivity contribution in [1.29, 1.82) is 0 Å². The summed E-state index contributed by atoms with van der Waals surface area (Å²) in [5.41, 5.74) is -4.73. The molecule has 186 valence electrons. The SMILES string of the molecule is CN(C)S(=O)(=O)c1ccc(Cl)c(NC(=O)COC(=O)c2cc(C(F)(F)F)cc(C(F)(F)F)c2)c1. The number of benzene rings is 2. The summed E-state index contributed by atoms with van der Waals surface area (Å²) >= 11 is 5.90. The van der Waals surface area contributed by atoms with E-state index in [4.69, 9.17) is 11.6 Å². The Morgan fingerprint density at radius 3 is 1.97 bits per heavy atom. The Bertz CT molecular complexity index is 1180. The van der Waals surface area contributed by atoms with Gasteiger partial charge in [-0.15, -0.1) is 0 Å². The Morgan fingerprint density at radius 2 is 1.50 bits per heavy atom. The van der Waals surface area contributed by atoms with Crippen LogP contribution in [0, 0.1) is 0 Å². The number of carbonyl (C=O) groups is 2. The van der Waals surface area contributed by atoms with E-state index in [9.17, 15) is 44.3 Å². The Balaban J connectivity index is 2.20. The van der Waals surface area contributed by atoms with E-state index in [1.165, 1.54) is 26.2 Å². The monoisotopic (exact) mass is 532 g/mol. The first-order valence-corrected chi connectivity index (χ1v) is 10.7. The highest BCUT2D eigenvalue weighted by molar-refractivity contribution is 7.89. The summed E-state index contributed by atoms with van der Waals surface area (Å²) in [4.78, 5) is 23.9. The Morgan fingerprint density at radius 1 is 0.971 bits per heavy atom. The van der Waals surface area contributed by atoms with E-state index in [0.29, 0.717) is 0 Å². The average Bonchev–Trinajstić information content (AvgIpc) is 2.71. The van der Waals surface area contributed by atoms with Crippen LogP contribution in [-0.2, 0) is 31.9 Å². The van der Waals surface area contributed by atoms with Crippen molar-refractivity contribution in [2.24, 2.45) is 0 Å². The van der Waals surface area contributed by atoms with Crippen LogP contribution in [0.1, 0.15) is 21.5 Å². The fourth-order valence-corrected chi connectivity index (χ4v) is 3.54. The fourth-order valence-electron chi connectivity index (χ4n) is 2.44. The molecule has 2 aromatic rings. The fraction of sp³-hybridized carbons (Fsp3) is 0.263. The average molecular weight is 533 g/mol. The van der Waals surface area contributed by atoms with Gasteiger partial charge in [-0.05, 0) is 36.4 Å². The molecular formula is C19H15ClF6N2O5S. The van der Waals surface area contributed by atoms with Crippen molar-refractivity contribution in [2.75, 3.05) is 26.0 Å². The van der Waals surface area contributed by atoms with Crippen molar-refractivity contribution in [2.45, 2.75) is 17.2 Å². The van der Waals surface area contributed by atoms with E-state index in [1.54, 1.807) is 0 Å². The molecule has 15 heteroatoms. The molecule has 0 aliphatic heterocycles. The number of amides is 1. The van der Waals surface area contributed by atoms with Crippen LogP contribution in [-0.4, -0.2) is 45.3 Å². The van der Waals surface area contributed by atoms with E-state index in [2.05, 4.69) is 10.1 Å². The highest BCUT2D eigenvalue weighted by Crippen LogP contribution is 2.36. The predicted octanol–water partition coefficient (Wildman–Crippen LogP) is 4.42. The topological polar surface area (TPSA) is 92.8 Å². The van der Waals surface area contributed by atoms with E-state index in [-0.39, 0.29) is 33.8 Å². The van der Waals surface area contributed by atoms with Gasteiger partial charge in [-0.3, -0.25) is 4.79 Å². The van der Waals surface area contributed by atoms with Crippen LogP contribution in [0.5, 0.6) is 0 Å². The molecule has 7 nitrogen and oxygen atoms in total. The third-order valence-corrected chi connectivity index (χ3v) is 6.29. The number of carbonyl (C=O) groups excluding carboxylic acids is 2. The van der Waals surface area contributed by atoms with Crippen LogP contribution in [0.4, 0.5) is 32.0 Å². The summed E-state index contributed by atoms with van der Waals surface area (Å²) in [6.45, 7) is -1.11. The quantitative estimate of drug-likeness (QED) is 0.439. The van der Waals surface area contributed by atoms with Crippen molar-refractivity contribution < 1.29 is 49.1 Å². The molecule has 0 radical (unpaired) electrons. The van der Waals surface area contributed by atoms with Gasteiger partial charge in [0.2, 0.25) is 10.0 Å². The molecule has 0 atom stereocenters. The van der Waals surface area contributed by atoms with Crippen LogP contribution in [0.15, 0.2) is 41.3 Å². The number of anilines is 1. The lowest BCUT2D eigenvalue weighted by molar-refractivity contribution is -0.143. The third kappa shape index (κ3) is 6.61. The van der Waals surface area contributed by atoms with Crippen molar-refractivity contribution in [3.05, 3.63) is 58.1 Å². The highest BCUT2D eigenvalue weighted by atomic mass is 35.5. The molecule has 0 aromatic heterocycles. The molecular weight excluding hydrogens is 518 g/mol. The minimum Gasteiger partial charge on any atom is -0.452 e. The van der Waals surface area contributed by atoms with Gasteiger partial charge in [0.05, 0.1) is 32.3 Å². The molecule has 34 heavy (non-hydrogen) atoms. The second kappa shape index (κ2) is 9.80. The van der Waals surface area contributed by atoms with Gasteiger partial charge >= 0.3 is 18.3 Å². The van der Waals surface area contributed by atoms with Gasteiger partial charge in [0, 0.05) is 14.1 Å². The second-order valence-electron chi connectivity index (χ2n) is 6.85. The highest BCUT2D eigenvalue weighted by Gasteiger charge is 2.37. The van der Waals surface area contributed by atoms with Gasteiger partial charge in [0.1, 0.15) is 0 Å². The van der Waals surface area contributed by atoms with Gasteiger partial charge in [-0.1, -0.05) is 11.6 Å². The van der Waals surface area contributed by atoms with Crippen molar-refractivity contribution in [1.82, 2.24) is 4.31 Å². The number of esters is 1. The third-order valence-electron chi connectivity index (χ3n) is 4.15. The van der Waals surface area contributed by atoms with Gasteiger partial charge < -0.3 is 10.1 Å². The van der Waals surface area contributed by atoms with Crippen LogP contribution >= 0.6 is 11.6 Å². The Hall–Kier alpha value is -2.84. The number of hydrogen-bond donors (Lipinski definition) is 1. The molecule has 1 amide bonds. The molecule has 0 saturated carbocycles. The zero-order valence-corrected chi connectivity index (χ0v) is 18.8. The molecule has 0 spiro atoms. The summed E-state index contributed by atoms with van der Waals surface area (Å²) in [7, 11) is -1.36. The van der Waals surface area contributed by atoms with Crippen LogP contribution in [0.25, 0.3) is 0 Å².